The SMILES string of the molecule is COc1ccc(-c2cccs2)c(C(=O)O)c1. The van der Waals surface area contributed by atoms with E-state index < -0.39 is 5.97 Å². The Morgan fingerprint density at radius 1 is 1.38 bits per heavy atom. The summed E-state index contributed by atoms with van der Waals surface area (Å²) >= 11 is 1.52. The summed E-state index contributed by atoms with van der Waals surface area (Å²) in [4.78, 5) is 12.1. The molecule has 0 aliphatic heterocycles. The first kappa shape index (κ1) is 10.7. The Labute approximate surface area is 96.9 Å². The van der Waals surface area contributed by atoms with Crippen LogP contribution in [0.4, 0.5) is 0 Å². The van der Waals surface area contributed by atoms with Crippen molar-refractivity contribution in [1.82, 2.24) is 0 Å². The van der Waals surface area contributed by atoms with Gasteiger partial charge >= 0.3 is 5.97 Å². The van der Waals surface area contributed by atoms with E-state index in [0.717, 1.165) is 10.4 Å². The summed E-state index contributed by atoms with van der Waals surface area (Å²) in [5.74, 6) is -0.389. The summed E-state index contributed by atoms with van der Waals surface area (Å²) < 4.78 is 5.02. The smallest absolute Gasteiger partial charge is 0.336 e. The second kappa shape index (κ2) is 4.37. The summed E-state index contributed by atoms with van der Waals surface area (Å²) in [5, 5.41) is 11.1. The standard InChI is InChI=1S/C12H10O3S/c1-15-8-4-5-9(10(7-8)12(13)14)11-3-2-6-16-11/h2-7H,1H3,(H,13,14). The van der Waals surface area contributed by atoms with Crippen LogP contribution in [0.2, 0.25) is 0 Å². The van der Waals surface area contributed by atoms with E-state index in [1.54, 1.807) is 12.1 Å². The highest BCUT2D eigenvalue weighted by Crippen LogP contribution is 2.30. The molecule has 0 atom stereocenters. The molecule has 82 valence electrons. The van der Waals surface area contributed by atoms with Gasteiger partial charge in [0.25, 0.3) is 0 Å². The van der Waals surface area contributed by atoms with Crippen molar-refractivity contribution in [2.75, 3.05) is 7.11 Å². The van der Waals surface area contributed by atoms with Gasteiger partial charge in [-0.2, -0.15) is 0 Å². The third-order valence-electron chi connectivity index (χ3n) is 2.24. The van der Waals surface area contributed by atoms with Crippen LogP contribution in [-0.4, -0.2) is 18.2 Å². The first-order valence-electron chi connectivity index (χ1n) is 4.67. The fourth-order valence-electron chi connectivity index (χ4n) is 1.47. The van der Waals surface area contributed by atoms with E-state index in [4.69, 9.17) is 9.84 Å². The molecule has 0 fully saturated rings. The van der Waals surface area contributed by atoms with E-state index in [1.165, 1.54) is 24.5 Å². The number of methoxy groups -OCH3 is 1. The second-order valence-electron chi connectivity index (χ2n) is 3.19. The fraction of sp³-hybridized carbons (Fsp3) is 0.0833. The van der Waals surface area contributed by atoms with Crippen LogP contribution < -0.4 is 4.74 Å². The highest BCUT2D eigenvalue weighted by molar-refractivity contribution is 7.13. The highest BCUT2D eigenvalue weighted by atomic mass is 32.1. The van der Waals surface area contributed by atoms with E-state index in [0.29, 0.717) is 5.75 Å². The molecular formula is C12H10O3S. The Bertz CT molecular complexity index is 503. The molecule has 0 saturated heterocycles. The van der Waals surface area contributed by atoms with Crippen molar-refractivity contribution in [2.45, 2.75) is 0 Å². The van der Waals surface area contributed by atoms with Gasteiger partial charge in [-0.05, 0) is 29.6 Å². The number of thiophene rings is 1. The molecule has 0 aliphatic carbocycles. The molecule has 0 radical (unpaired) electrons. The van der Waals surface area contributed by atoms with Gasteiger partial charge in [-0.3, -0.25) is 0 Å². The lowest BCUT2D eigenvalue weighted by molar-refractivity contribution is 0.0697. The average Bonchev–Trinajstić information content (AvgIpc) is 2.81. The number of hydrogen-bond donors (Lipinski definition) is 1. The topological polar surface area (TPSA) is 46.5 Å². The molecular weight excluding hydrogens is 224 g/mol. The van der Waals surface area contributed by atoms with Crippen LogP contribution in [0.15, 0.2) is 35.7 Å². The zero-order chi connectivity index (χ0) is 11.5. The molecule has 0 bridgehead atoms. The molecule has 1 aromatic carbocycles. The predicted octanol–water partition coefficient (Wildman–Crippen LogP) is 3.12. The van der Waals surface area contributed by atoms with Crippen LogP contribution in [-0.2, 0) is 0 Å². The van der Waals surface area contributed by atoms with E-state index in [9.17, 15) is 4.79 Å². The predicted molar refractivity (Wildman–Crippen MR) is 63.3 cm³/mol. The number of ether oxygens (including phenoxy) is 1. The second-order valence-corrected chi connectivity index (χ2v) is 4.14. The van der Waals surface area contributed by atoms with Crippen LogP contribution >= 0.6 is 11.3 Å². The van der Waals surface area contributed by atoms with Crippen molar-refractivity contribution in [3.8, 4) is 16.2 Å². The molecule has 0 amide bonds. The Morgan fingerprint density at radius 2 is 2.19 bits per heavy atom. The van der Waals surface area contributed by atoms with Gasteiger partial charge in [0.05, 0.1) is 12.7 Å². The van der Waals surface area contributed by atoms with Gasteiger partial charge in [0.1, 0.15) is 5.75 Å². The Kier molecular flexibility index (Phi) is 2.92. The maximum Gasteiger partial charge on any atom is 0.336 e. The maximum atomic E-state index is 11.1. The molecule has 2 rings (SSSR count). The first-order valence-corrected chi connectivity index (χ1v) is 5.55. The lowest BCUT2D eigenvalue weighted by Gasteiger charge is -2.06. The maximum absolute atomic E-state index is 11.1. The minimum atomic E-state index is -0.942. The van der Waals surface area contributed by atoms with Crippen LogP contribution in [0.3, 0.4) is 0 Å². The number of carbonyl (C=O) groups is 1. The van der Waals surface area contributed by atoms with E-state index >= 15 is 0 Å². The van der Waals surface area contributed by atoms with Crippen LogP contribution in [0.5, 0.6) is 5.75 Å². The third-order valence-corrected chi connectivity index (χ3v) is 3.15. The van der Waals surface area contributed by atoms with Gasteiger partial charge in [-0.1, -0.05) is 6.07 Å². The van der Waals surface area contributed by atoms with Crippen molar-refractivity contribution in [2.24, 2.45) is 0 Å². The summed E-state index contributed by atoms with van der Waals surface area (Å²) in [6.07, 6.45) is 0. The quantitative estimate of drug-likeness (QED) is 0.887. The van der Waals surface area contributed by atoms with E-state index in [2.05, 4.69) is 0 Å². The number of carboxylic acids is 1. The molecule has 0 aliphatic rings. The molecule has 1 heterocycles. The normalized spacial score (nSPS) is 10.1. The van der Waals surface area contributed by atoms with Crippen LogP contribution in [0.1, 0.15) is 10.4 Å². The van der Waals surface area contributed by atoms with Crippen molar-refractivity contribution >= 4 is 17.3 Å². The Balaban J connectivity index is 2.57. The number of rotatable bonds is 3. The molecule has 1 aromatic heterocycles. The molecule has 4 heteroatoms. The van der Waals surface area contributed by atoms with Gasteiger partial charge in [-0.15, -0.1) is 11.3 Å². The molecule has 0 unspecified atom stereocenters. The molecule has 0 saturated carbocycles. The number of carboxylic acid groups (broad SMARTS) is 1. The van der Waals surface area contributed by atoms with Gasteiger partial charge in [0.2, 0.25) is 0 Å². The molecule has 3 nitrogen and oxygen atoms in total. The lowest BCUT2D eigenvalue weighted by atomic mass is 10.1. The van der Waals surface area contributed by atoms with Gasteiger partial charge in [-0.25, -0.2) is 4.79 Å². The molecule has 2 aromatic rings. The summed E-state index contributed by atoms with van der Waals surface area (Å²) in [7, 11) is 1.52. The van der Waals surface area contributed by atoms with Crippen molar-refractivity contribution in [1.29, 1.82) is 0 Å². The minimum Gasteiger partial charge on any atom is -0.497 e. The Morgan fingerprint density at radius 3 is 2.75 bits per heavy atom. The average molecular weight is 234 g/mol. The number of benzene rings is 1. The zero-order valence-corrected chi connectivity index (χ0v) is 9.45. The van der Waals surface area contributed by atoms with Crippen LogP contribution in [0, 0.1) is 0 Å². The van der Waals surface area contributed by atoms with Crippen LogP contribution in [0.25, 0.3) is 10.4 Å². The fourth-order valence-corrected chi connectivity index (χ4v) is 2.24. The molecule has 0 spiro atoms. The lowest BCUT2D eigenvalue weighted by Crippen LogP contribution is -1.99. The monoisotopic (exact) mass is 234 g/mol. The summed E-state index contributed by atoms with van der Waals surface area (Å²) in [5.41, 5.74) is 0.991. The summed E-state index contributed by atoms with van der Waals surface area (Å²) in [6, 6.07) is 8.88. The van der Waals surface area contributed by atoms with Crippen molar-refractivity contribution in [3.63, 3.8) is 0 Å². The van der Waals surface area contributed by atoms with Gasteiger partial charge in [0.15, 0.2) is 0 Å². The van der Waals surface area contributed by atoms with Crippen molar-refractivity contribution < 1.29 is 14.6 Å². The Hall–Kier alpha value is -1.81. The third kappa shape index (κ3) is 1.92. The number of aromatic carboxylic acids is 1. The minimum absolute atomic E-state index is 0.266. The van der Waals surface area contributed by atoms with Gasteiger partial charge < -0.3 is 9.84 Å². The molecule has 16 heavy (non-hydrogen) atoms. The first-order chi connectivity index (χ1) is 7.72. The van der Waals surface area contributed by atoms with Crippen molar-refractivity contribution in [3.05, 3.63) is 41.3 Å². The van der Waals surface area contributed by atoms with Gasteiger partial charge in [0, 0.05) is 10.4 Å². The number of hydrogen-bond acceptors (Lipinski definition) is 3. The highest BCUT2D eigenvalue weighted by Gasteiger charge is 2.13. The summed E-state index contributed by atoms with van der Waals surface area (Å²) in [6.45, 7) is 0. The van der Waals surface area contributed by atoms with E-state index in [-0.39, 0.29) is 5.56 Å². The van der Waals surface area contributed by atoms with E-state index in [1.807, 2.05) is 17.5 Å². The zero-order valence-electron chi connectivity index (χ0n) is 8.64. The molecule has 1 N–H and O–H groups in total. The largest absolute Gasteiger partial charge is 0.497 e.